The first-order chi connectivity index (χ1) is 13.1. The summed E-state index contributed by atoms with van der Waals surface area (Å²) < 4.78 is 48.7. The summed E-state index contributed by atoms with van der Waals surface area (Å²) in [5.74, 6) is -0.0340. The summed E-state index contributed by atoms with van der Waals surface area (Å²) in [5.41, 5.74) is -0.978. The molecule has 2 aromatic rings. The predicted molar refractivity (Wildman–Crippen MR) is 95.8 cm³/mol. The molecule has 0 amide bonds. The van der Waals surface area contributed by atoms with Crippen LogP contribution in [0.3, 0.4) is 0 Å². The molecule has 1 heterocycles. The third-order valence-corrected chi connectivity index (χ3v) is 3.98. The van der Waals surface area contributed by atoms with Crippen molar-refractivity contribution in [2.45, 2.75) is 39.0 Å². The highest BCUT2D eigenvalue weighted by Gasteiger charge is 2.31. The number of hydrogen-bond donors (Lipinski definition) is 0. The molecule has 0 aliphatic rings. The number of benzene rings is 1. The van der Waals surface area contributed by atoms with Gasteiger partial charge in [-0.1, -0.05) is 18.5 Å². The number of rotatable bonds is 8. The van der Waals surface area contributed by atoms with Crippen molar-refractivity contribution in [3.05, 3.63) is 47.1 Å². The van der Waals surface area contributed by atoms with E-state index in [1.165, 1.54) is 24.3 Å². The zero-order valence-electron chi connectivity index (χ0n) is 15.0. The van der Waals surface area contributed by atoms with Crippen LogP contribution >= 0.6 is 11.6 Å². The third-order valence-electron chi connectivity index (χ3n) is 3.71. The third kappa shape index (κ3) is 5.95. The molecule has 0 aliphatic heterocycles. The minimum atomic E-state index is -4.55. The molecule has 1 atom stereocenters. The van der Waals surface area contributed by atoms with Gasteiger partial charge in [-0.3, -0.25) is 9.59 Å². The lowest BCUT2D eigenvalue weighted by Crippen LogP contribution is -2.25. The van der Waals surface area contributed by atoms with Crippen molar-refractivity contribution in [2.24, 2.45) is 0 Å². The molecule has 28 heavy (non-hydrogen) atoms. The van der Waals surface area contributed by atoms with Crippen LogP contribution in [0.1, 0.15) is 32.3 Å². The van der Waals surface area contributed by atoms with E-state index in [-0.39, 0.29) is 41.1 Å². The van der Waals surface area contributed by atoms with Crippen molar-refractivity contribution >= 4 is 23.2 Å². The SMILES string of the molecule is CCC(=O)CC(=O)C(C)Oc1ccc(Oc2ncc(C(F)(F)F)cc2Cl)cc1. The predicted octanol–water partition coefficient (Wildman–Crippen LogP) is 5.25. The maximum atomic E-state index is 12.6. The molecule has 1 unspecified atom stereocenters. The Morgan fingerprint density at radius 3 is 2.32 bits per heavy atom. The first-order valence-corrected chi connectivity index (χ1v) is 8.69. The lowest BCUT2D eigenvalue weighted by molar-refractivity contribution is -0.138. The molecule has 2 rings (SSSR count). The molecule has 5 nitrogen and oxygen atoms in total. The number of carbonyl (C=O) groups excluding carboxylic acids is 2. The Labute approximate surface area is 164 Å². The molecular weight excluding hydrogens is 399 g/mol. The first kappa shape index (κ1) is 21.7. The Kier molecular flexibility index (Phi) is 7.01. The summed E-state index contributed by atoms with van der Waals surface area (Å²) in [6.45, 7) is 3.22. The van der Waals surface area contributed by atoms with Gasteiger partial charge in [0.2, 0.25) is 5.88 Å². The lowest BCUT2D eigenvalue weighted by Gasteiger charge is -2.14. The Balaban J connectivity index is 2.01. The number of alkyl halides is 3. The summed E-state index contributed by atoms with van der Waals surface area (Å²) in [5, 5.41) is -0.282. The first-order valence-electron chi connectivity index (χ1n) is 8.32. The van der Waals surface area contributed by atoms with Gasteiger partial charge in [0, 0.05) is 12.6 Å². The standard InChI is InChI=1S/C19H17ClF3NO4/c1-3-13(25)9-17(26)11(2)27-14-4-6-15(7-5-14)28-18-16(20)8-12(10-24-18)19(21,22)23/h4-8,10-11H,3,9H2,1-2H3. The van der Waals surface area contributed by atoms with E-state index >= 15 is 0 Å². The molecule has 0 radical (unpaired) electrons. The Morgan fingerprint density at radius 1 is 1.18 bits per heavy atom. The molecule has 0 saturated carbocycles. The van der Waals surface area contributed by atoms with E-state index in [4.69, 9.17) is 21.1 Å². The highest BCUT2D eigenvalue weighted by molar-refractivity contribution is 6.31. The van der Waals surface area contributed by atoms with Crippen LogP contribution in [-0.2, 0) is 15.8 Å². The molecule has 0 bridgehead atoms. The largest absolute Gasteiger partial charge is 0.483 e. The minimum absolute atomic E-state index is 0.162. The quantitative estimate of drug-likeness (QED) is 0.551. The Hall–Kier alpha value is -2.61. The number of Topliss-reactive ketones (excluding diaryl/α,β-unsaturated/α-hetero) is 2. The smallest absolute Gasteiger partial charge is 0.417 e. The summed E-state index contributed by atoms with van der Waals surface area (Å²) in [6, 6.07) is 6.72. The summed E-state index contributed by atoms with van der Waals surface area (Å²) in [4.78, 5) is 26.8. The summed E-state index contributed by atoms with van der Waals surface area (Å²) >= 11 is 5.80. The van der Waals surface area contributed by atoms with Crippen molar-refractivity contribution in [1.82, 2.24) is 4.98 Å². The van der Waals surface area contributed by atoms with Crippen molar-refractivity contribution in [3.8, 4) is 17.4 Å². The number of nitrogens with zero attached hydrogens (tertiary/aromatic N) is 1. The van der Waals surface area contributed by atoms with Crippen LogP contribution in [0.15, 0.2) is 36.5 Å². The molecular formula is C19H17ClF3NO4. The maximum Gasteiger partial charge on any atom is 0.417 e. The topological polar surface area (TPSA) is 65.5 Å². The van der Waals surface area contributed by atoms with Crippen LogP contribution < -0.4 is 9.47 Å². The molecule has 0 aliphatic carbocycles. The normalized spacial score (nSPS) is 12.4. The van der Waals surface area contributed by atoms with E-state index in [1.807, 2.05) is 0 Å². The van der Waals surface area contributed by atoms with Gasteiger partial charge < -0.3 is 9.47 Å². The fourth-order valence-electron chi connectivity index (χ4n) is 2.09. The van der Waals surface area contributed by atoms with E-state index in [0.717, 1.165) is 6.07 Å². The van der Waals surface area contributed by atoms with Gasteiger partial charge in [-0.05, 0) is 37.3 Å². The molecule has 1 aromatic carbocycles. The average Bonchev–Trinajstić information content (AvgIpc) is 2.63. The molecule has 150 valence electrons. The van der Waals surface area contributed by atoms with Crippen LogP contribution in [0.25, 0.3) is 0 Å². The van der Waals surface area contributed by atoms with Crippen molar-refractivity contribution in [3.63, 3.8) is 0 Å². The van der Waals surface area contributed by atoms with Crippen molar-refractivity contribution in [1.29, 1.82) is 0 Å². The second-order valence-electron chi connectivity index (χ2n) is 5.88. The van der Waals surface area contributed by atoms with Crippen molar-refractivity contribution in [2.75, 3.05) is 0 Å². The van der Waals surface area contributed by atoms with E-state index in [1.54, 1.807) is 13.8 Å². The van der Waals surface area contributed by atoms with Gasteiger partial charge >= 0.3 is 6.18 Å². The second kappa shape index (κ2) is 9.05. The molecule has 9 heteroatoms. The molecule has 0 N–H and O–H groups in total. The lowest BCUT2D eigenvalue weighted by atomic mass is 10.1. The molecule has 0 saturated heterocycles. The zero-order valence-corrected chi connectivity index (χ0v) is 15.8. The number of carbonyl (C=O) groups is 2. The fourth-order valence-corrected chi connectivity index (χ4v) is 2.29. The van der Waals surface area contributed by atoms with E-state index in [9.17, 15) is 22.8 Å². The summed E-state index contributed by atoms with van der Waals surface area (Å²) in [6.07, 6.45) is -4.62. The molecule has 0 spiro atoms. The zero-order chi connectivity index (χ0) is 20.9. The second-order valence-corrected chi connectivity index (χ2v) is 6.28. The van der Waals surface area contributed by atoms with Crippen LogP contribution in [0.2, 0.25) is 5.02 Å². The van der Waals surface area contributed by atoms with Crippen LogP contribution in [0, 0.1) is 0 Å². The minimum Gasteiger partial charge on any atom is -0.483 e. The van der Waals surface area contributed by atoms with Gasteiger partial charge in [0.1, 0.15) is 22.3 Å². The number of ether oxygens (including phenoxy) is 2. The number of hydrogen-bond acceptors (Lipinski definition) is 5. The van der Waals surface area contributed by atoms with Gasteiger partial charge in [0.05, 0.1) is 12.0 Å². The monoisotopic (exact) mass is 415 g/mol. The van der Waals surface area contributed by atoms with E-state index in [0.29, 0.717) is 11.9 Å². The Bertz CT molecular complexity index is 853. The van der Waals surface area contributed by atoms with Gasteiger partial charge in [-0.15, -0.1) is 0 Å². The van der Waals surface area contributed by atoms with Gasteiger partial charge in [-0.25, -0.2) is 4.98 Å². The van der Waals surface area contributed by atoms with E-state index in [2.05, 4.69) is 4.98 Å². The Morgan fingerprint density at radius 2 is 1.79 bits per heavy atom. The van der Waals surface area contributed by atoms with Gasteiger partial charge in [0.25, 0.3) is 0 Å². The highest BCUT2D eigenvalue weighted by Crippen LogP contribution is 2.34. The average molecular weight is 416 g/mol. The molecule has 1 aromatic heterocycles. The van der Waals surface area contributed by atoms with Crippen molar-refractivity contribution < 1.29 is 32.2 Å². The van der Waals surface area contributed by atoms with Gasteiger partial charge in [0.15, 0.2) is 11.9 Å². The fraction of sp³-hybridized carbons (Fsp3) is 0.316. The molecule has 0 fully saturated rings. The highest BCUT2D eigenvalue weighted by atomic mass is 35.5. The number of halogens is 4. The van der Waals surface area contributed by atoms with E-state index < -0.39 is 17.8 Å². The number of pyridine rings is 1. The number of aromatic nitrogens is 1. The maximum absolute atomic E-state index is 12.6. The van der Waals surface area contributed by atoms with Crippen LogP contribution in [-0.4, -0.2) is 22.7 Å². The van der Waals surface area contributed by atoms with Crippen LogP contribution in [0.4, 0.5) is 13.2 Å². The number of ketones is 2. The van der Waals surface area contributed by atoms with Gasteiger partial charge in [-0.2, -0.15) is 13.2 Å². The van der Waals surface area contributed by atoms with Crippen LogP contribution in [0.5, 0.6) is 17.4 Å². The summed E-state index contributed by atoms with van der Waals surface area (Å²) in [7, 11) is 0.